The van der Waals surface area contributed by atoms with Crippen molar-refractivity contribution in [3.63, 3.8) is 0 Å². The number of hydrogen-bond donors (Lipinski definition) is 2. The Morgan fingerprint density at radius 2 is 1.83 bits per heavy atom. The lowest BCUT2D eigenvalue weighted by molar-refractivity contribution is -0.145. The van der Waals surface area contributed by atoms with Crippen LogP contribution >= 0.6 is 15.9 Å². The summed E-state index contributed by atoms with van der Waals surface area (Å²) < 4.78 is 40.6. The van der Waals surface area contributed by atoms with Gasteiger partial charge in [0.15, 0.2) is 5.79 Å². The quantitative estimate of drug-likeness (QED) is 0.783. The van der Waals surface area contributed by atoms with Crippen molar-refractivity contribution in [1.29, 1.82) is 0 Å². The van der Waals surface area contributed by atoms with E-state index >= 15 is 0 Å². The first-order valence-electron chi connectivity index (χ1n) is 7.66. The topological polar surface area (TPSA) is 90.7 Å². The maximum absolute atomic E-state index is 12.7. The Bertz CT molecular complexity index is 761. The van der Waals surface area contributed by atoms with Gasteiger partial charge in [0.05, 0.1) is 10.9 Å². The zero-order chi connectivity index (χ0) is 17.7. The first kappa shape index (κ1) is 18.0. The Morgan fingerprint density at radius 1 is 1.21 bits per heavy atom. The van der Waals surface area contributed by atoms with E-state index in [-0.39, 0.29) is 11.0 Å². The smallest absolute Gasteiger partial charge is 0.240 e. The van der Waals surface area contributed by atoms with Crippen molar-refractivity contribution < 1.29 is 17.9 Å². The molecule has 6 nitrogen and oxygen atoms in total. The van der Waals surface area contributed by atoms with Crippen LogP contribution in [0.3, 0.4) is 0 Å². The fourth-order valence-electron chi connectivity index (χ4n) is 2.98. The molecule has 24 heavy (non-hydrogen) atoms. The Labute approximate surface area is 150 Å². The maximum Gasteiger partial charge on any atom is 0.240 e. The molecule has 3 rings (SSSR count). The summed E-state index contributed by atoms with van der Waals surface area (Å²) in [5, 5.41) is 0. The van der Waals surface area contributed by atoms with Crippen LogP contribution in [0, 0.1) is 6.92 Å². The van der Waals surface area contributed by atoms with Crippen LogP contribution in [-0.4, -0.2) is 38.5 Å². The summed E-state index contributed by atoms with van der Waals surface area (Å²) >= 11 is 3.45. The summed E-state index contributed by atoms with van der Waals surface area (Å²) in [5.74, 6) is -0.806. The molecule has 1 saturated heterocycles. The number of aryl methyl sites for hydroxylation is 1. The maximum atomic E-state index is 12.7. The van der Waals surface area contributed by atoms with Crippen LogP contribution in [0.5, 0.6) is 0 Å². The van der Waals surface area contributed by atoms with Crippen molar-refractivity contribution in [1.82, 2.24) is 4.72 Å². The molecular weight excluding hydrogens is 396 g/mol. The third kappa shape index (κ3) is 3.44. The largest absolute Gasteiger partial charge is 0.342 e. The molecule has 4 atom stereocenters. The minimum Gasteiger partial charge on any atom is -0.342 e. The summed E-state index contributed by atoms with van der Waals surface area (Å²) in [7, 11) is -3.71. The van der Waals surface area contributed by atoms with Crippen molar-refractivity contribution in [3.05, 3.63) is 40.4 Å². The van der Waals surface area contributed by atoms with E-state index < -0.39 is 34.0 Å². The van der Waals surface area contributed by atoms with Crippen LogP contribution in [0.2, 0.25) is 0 Å². The molecule has 0 radical (unpaired) electrons. The van der Waals surface area contributed by atoms with Crippen LogP contribution < -0.4 is 10.5 Å². The lowest BCUT2D eigenvalue weighted by atomic mass is 9.93. The number of halogens is 1. The van der Waals surface area contributed by atoms with Crippen LogP contribution in [-0.2, 0) is 19.5 Å². The average Bonchev–Trinajstić information content (AvgIpc) is 2.80. The van der Waals surface area contributed by atoms with E-state index in [0.29, 0.717) is 0 Å². The van der Waals surface area contributed by atoms with Gasteiger partial charge in [-0.3, -0.25) is 0 Å². The summed E-state index contributed by atoms with van der Waals surface area (Å²) in [6.45, 7) is 5.49. The first-order chi connectivity index (χ1) is 11.1. The first-order valence-corrected chi connectivity index (χ1v) is 9.94. The lowest BCUT2D eigenvalue weighted by Crippen LogP contribution is -2.58. The molecule has 3 N–H and O–H groups in total. The minimum absolute atomic E-state index is 0.198. The molecule has 8 heteroatoms. The zero-order valence-corrected chi connectivity index (χ0v) is 16.1. The van der Waals surface area contributed by atoms with Gasteiger partial charge < -0.3 is 15.2 Å². The molecule has 0 aromatic heterocycles. The molecule has 1 aromatic carbocycles. The van der Waals surface area contributed by atoms with Gasteiger partial charge in [-0.05, 0) is 32.9 Å². The predicted octanol–water partition coefficient (Wildman–Crippen LogP) is 1.78. The number of fused-ring (bicyclic) bond motifs is 1. The second-order valence-corrected chi connectivity index (χ2v) is 9.24. The highest BCUT2D eigenvalue weighted by atomic mass is 79.9. The van der Waals surface area contributed by atoms with Crippen LogP contribution in [0.1, 0.15) is 19.4 Å². The molecule has 0 spiro atoms. The van der Waals surface area contributed by atoms with Gasteiger partial charge in [0.2, 0.25) is 10.0 Å². The second-order valence-electron chi connectivity index (χ2n) is 6.61. The zero-order valence-electron chi connectivity index (χ0n) is 13.7. The number of nitrogens with one attached hydrogen (secondary N) is 1. The Balaban J connectivity index is 1.89. The minimum atomic E-state index is -3.71. The van der Waals surface area contributed by atoms with Crippen LogP contribution in [0.4, 0.5) is 0 Å². The van der Waals surface area contributed by atoms with E-state index in [1.54, 1.807) is 44.2 Å². The second kappa shape index (κ2) is 6.19. The van der Waals surface area contributed by atoms with Gasteiger partial charge in [-0.2, -0.15) is 0 Å². The van der Waals surface area contributed by atoms with E-state index in [1.165, 1.54) is 0 Å². The molecule has 0 bridgehead atoms. The fraction of sp³-hybridized carbons (Fsp3) is 0.500. The van der Waals surface area contributed by atoms with Crippen molar-refractivity contribution in [2.45, 2.75) is 55.7 Å². The van der Waals surface area contributed by atoms with E-state index in [0.717, 1.165) is 10.0 Å². The Kier molecular flexibility index (Phi) is 4.65. The number of benzene rings is 1. The highest BCUT2D eigenvalue weighted by molar-refractivity contribution is 9.11. The molecule has 0 unspecified atom stereocenters. The average molecular weight is 417 g/mol. The van der Waals surface area contributed by atoms with E-state index in [2.05, 4.69) is 20.7 Å². The molecule has 1 heterocycles. The van der Waals surface area contributed by atoms with E-state index in [4.69, 9.17) is 15.2 Å². The molecule has 132 valence electrons. The normalized spacial score (nSPS) is 32.3. The van der Waals surface area contributed by atoms with Crippen LogP contribution in [0.25, 0.3) is 0 Å². The van der Waals surface area contributed by atoms with Crippen molar-refractivity contribution in [3.8, 4) is 0 Å². The third-order valence-electron chi connectivity index (χ3n) is 4.14. The monoisotopic (exact) mass is 416 g/mol. The number of ether oxygens (including phenoxy) is 2. The summed E-state index contributed by atoms with van der Waals surface area (Å²) in [5.41, 5.74) is 7.14. The number of sulfonamides is 1. The van der Waals surface area contributed by atoms with Gasteiger partial charge in [0.1, 0.15) is 12.2 Å². The molecule has 2 aliphatic rings. The number of hydrogen-bond acceptors (Lipinski definition) is 5. The Hall–Kier alpha value is -0.770. The van der Waals surface area contributed by atoms with Gasteiger partial charge in [-0.15, -0.1) is 0 Å². The fourth-order valence-corrected chi connectivity index (χ4v) is 4.92. The third-order valence-corrected chi connectivity index (χ3v) is 6.33. The number of nitrogens with two attached hydrogens (primary N) is 1. The standard InChI is InChI=1S/C16H21BrN2O4S/c1-9-4-6-10(7-5-9)24(20,21)19-13-12(18)8-11(17)14-15(13)23-16(2,3)22-14/h4-8,12-15,19H,18H2,1-3H3/t12-,13+,14+,15-/m0/s1. The van der Waals surface area contributed by atoms with Gasteiger partial charge in [0.25, 0.3) is 0 Å². The van der Waals surface area contributed by atoms with Crippen molar-refractivity contribution in [2.75, 3.05) is 0 Å². The summed E-state index contributed by atoms with van der Waals surface area (Å²) in [6, 6.07) is 5.51. The van der Waals surface area contributed by atoms with Crippen LogP contribution in [0.15, 0.2) is 39.7 Å². The predicted molar refractivity (Wildman–Crippen MR) is 94.1 cm³/mol. The van der Waals surface area contributed by atoms with E-state index in [9.17, 15) is 8.42 Å². The van der Waals surface area contributed by atoms with Crippen molar-refractivity contribution >= 4 is 26.0 Å². The van der Waals surface area contributed by atoms with Gasteiger partial charge in [-0.25, -0.2) is 13.1 Å². The van der Waals surface area contributed by atoms with E-state index in [1.807, 2.05) is 6.92 Å². The Morgan fingerprint density at radius 3 is 2.46 bits per heavy atom. The highest BCUT2D eigenvalue weighted by Crippen LogP contribution is 2.39. The SMILES string of the molecule is Cc1ccc(S(=O)(=O)N[C@H]2[C@@H]3OC(C)(C)O[C@@H]3C(Br)=C[C@@H]2N)cc1. The molecule has 1 aromatic rings. The molecule has 1 aliphatic heterocycles. The molecular formula is C16H21BrN2O4S. The summed E-state index contributed by atoms with van der Waals surface area (Å²) in [6.07, 6.45) is 0.869. The van der Waals surface area contributed by atoms with Crippen molar-refractivity contribution in [2.24, 2.45) is 5.73 Å². The molecule has 0 amide bonds. The summed E-state index contributed by atoms with van der Waals surface area (Å²) in [4.78, 5) is 0.198. The molecule has 1 fully saturated rings. The van der Waals surface area contributed by atoms with Gasteiger partial charge in [-0.1, -0.05) is 39.7 Å². The van der Waals surface area contributed by atoms with Gasteiger partial charge in [0, 0.05) is 10.5 Å². The molecule has 0 saturated carbocycles. The van der Waals surface area contributed by atoms with Gasteiger partial charge >= 0.3 is 0 Å². The highest BCUT2D eigenvalue weighted by Gasteiger charge is 2.51. The molecule has 1 aliphatic carbocycles. The number of rotatable bonds is 3. The lowest BCUT2D eigenvalue weighted by Gasteiger charge is -2.34.